The number of rotatable bonds is 6. The summed E-state index contributed by atoms with van der Waals surface area (Å²) in [6, 6.07) is 3.58. The zero-order chi connectivity index (χ0) is 14.4. The van der Waals surface area contributed by atoms with Crippen LogP contribution >= 0.6 is 0 Å². The van der Waals surface area contributed by atoms with E-state index in [1.807, 2.05) is 0 Å². The predicted molar refractivity (Wildman–Crippen MR) is 71.2 cm³/mol. The first-order valence-electron chi connectivity index (χ1n) is 5.97. The molecule has 1 amide bonds. The summed E-state index contributed by atoms with van der Waals surface area (Å²) in [4.78, 5) is 22.0. The highest BCUT2D eigenvalue weighted by Crippen LogP contribution is 2.29. The van der Waals surface area contributed by atoms with Gasteiger partial charge in [0.25, 0.3) is 5.69 Å². The second-order valence-electron chi connectivity index (χ2n) is 3.87. The minimum atomic E-state index is -0.689. The SMILES string of the molecule is CCOc1ccc(NC(=O)[C@H](N)CC)c([N+](=O)[O-])c1. The van der Waals surface area contributed by atoms with E-state index in [1.54, 1.807) is 19.9 Å². The monoisotopic (exact) mass is 267 g/mol. The number of carbonyl (C=O) groups is 1. The smallest absolute Gasteiger partial charge is 0.296 e. The largest absolute Gasteiger partial charge is 0.494 e. The van der Waals surface area contributed by atoms with Gasteiger partial charge in [-0.3, -0.25) is 14.9 Å². The summed E-state index contributed by atoms with van der Waals surface area (Å²) in [7, 11) is 0. The first-order chi connectivity index (χ1) is 8.99. The summed E-state index contributed by atoms with van der Waals surface area (Å²) in [5.41, 5.74) is 5.45. The van der Waals surface area contributed by atoms with Crippen LogP contribution < -0.4 is 15.8 Å². The summed E-state index contributed by atoms with van der Waals surface area (Å²) in [5, 5.41) is 13.4. The van der Waals surface area contributed by atoms with Gasteiger partial charge in [0, 0.05) is 0 Å². The van der Waals surface area contributed by atoms with Crippen molar-refractivity contribution in [3.63, 3.8) is 0 Å². The van der Waals surface area contributed by atoms with Gasteiger partial charge >= 0.3 is 0 Å². The second kappa shape index (κ2) is 6.69. The highest BCUT2D eigenvalue weighted by atomic mass is 16.6. The number of nitro groups is 1. The third-order valence-electron chi connectivity index (χ3n) is 2.51. The van der Waals surface area contributed by atoms with E-state index >= 15 is 0 Å². The molecule has 0 heterocycles. The van der Waals surface area contributed by atoms with Crippen molar-refractivity contribution in [3.8, 4) is 5.75 Å². The van der Waals surface area contributed by atoms with E-state index < -0.39 is 16.9 Å². The number of nitro benzene ring substituents is 1. The molecule has 7 heteroatoms. The van der Waals surface area contributed by atoms with Crippen molar-refractivity contribution in [3.05, 3.63) is 28.3 Å². The molecule has 0 saturated heterocycles. The molecule has 3 N–H and O–H groups in total. The summed E-state index contributed by atoms with van der Waals surface area (Å²) in [6.45, 7) is 3.95. The Kier molecular flexibility index (Phi) is 5.25. The van der Waals surface area contributed by atoms with Crippen LogP contribution in [0.15, 0.2) is 18.2 Å². The van der Waals surface area contributed by atoms with Crippen LogP contribution in [0.3, 0.4) is 0 Å². The molecule has 0 aromatic heterocycles. The quantitative estimate of drug-likeness (QED) is 0.602. The molecule has 0 aliphatic rings. The minimum absolute atomic E-state index is 0.113. The maximum absolute atomic E-state index is 11.6. The van der Waals surface area contributed by atoms with Gasteiger partial charge in [0.2, 0.25) is 5.91 Å². The Morgan fingerprint density at radius 2 is 2.21 bits per heavy atom. The van der Waals surface area contributed by atoms with Gasteiger partial charge in [-0.05, 0) is 25.5 Å². The summed E-state index contributed by atoms with van der Waals surface area (Å²) >= 11 is 0. The maximum atomic E-state index is 11.6. The highest BCUT2D eigenvalue weighted by Gasteiger charge is 2.19. The lowest BCUT2D eigenvalue weighted by Crippen LogP contribution is -2.34. The molecule has 0 spiro atoms. The average Bonchev–Trinajstić information content (AvgIpc) is 2.39. The van der Waals surface area contributed by atoms with Gasteiger partial charge in [-0.1, -0.05) is 6.92 Å². The fourth-order valence-corrected chi connectivity index (χ4v) is 1.44. The van der Waals surface area contributed by atoms with Crippen LogP contribution in [0.25, 0.3) is 0 Å². The molecule has 0 fully saturated rings. The van der Waals surface area contributed by atoms with E-state index in [4.69, 9.17) is 10.5 Å². The number of nitrogens with one attached hydrogen (secondary N) is 1. The van der Waals surface area contributed by atoms with E-state index in [0.29, 0.717) is 18.8 Å². The number of nitrogens with two attached hydrogens (primary N) is 1. The van der Waals surface area contributed by atoms with Crippen LogP contribution in [-0.4, -0.2) is 23.5 Å². The Balaban J connectivity index is 3.00. The van der Waals surface area contributed by atoms with Crippen molar-refractivity contribution in [1.29, 1.82) is 0 Å². The van der Waals surface area contributed by atoms with Crippen molar-refractivity contribution in [2.75, 3.05) is 11.9 Å². The van der Waals surface area contributed by atoms with E-state index in [-0.39, 0.29) is 11.4 Å². The van der Waals surface area contributed by atoms with E-state index in [1.165, 1.54) is 12.1 Å². The molecule has 0 saturated carbocycles. The number of hydrogen-bond acceptors (Lipinski definition) is 5. The van der Waals surface area contributed by atoms with E-state index in [0.717, 1.165) is 0 Å². The molecule has 0 unspecified atom stereocenters. The molecule has 0 bridgehead atoms. The fraction of sp³-hybridized carbons (Fsp3) is 0.417. The molecular formula is C12H17N3O4. The van der Waals surface area contributed by atoms with Gasteiger partial charge in [-0.25, -0.2) is 0 Å². The van der Waals surface area contributed by atoms with Crippen LogP contribution in [0.1, 0.15) is 20.3 Å². The van der Waals surface area contributed by atoms with Gasteiger partial charge in [0.1, 0.15) is 11.4 Å². The third kappa shape index (κ3) is 3.92. The first-order valence-corrected chi connectivity index (χ1v) is 5.97. The zero-order valence-electron chi connectivity index (χ0n) is 10.9. The third-order valence-corrected chi connectivity index (χ3v) is 2.51. The Hall–Kier alpha value is -2.15. The standard InChI is InChI=1S/C12H17N3O4/c1-3-9(13)12(16)14-10-6-5-8(19-4-2)7-11(10)15(17)18/h5-7,9H,3-4,13H2,1-2H3,(H,14,16)/t9-/m1/s1. The number of amides is 1. The normalized spacial score (nSPS) is 11.7. The van der Waals surface area contributed by atoms with Crippen LogP contribution in [0.4, 0.5) is 11.4 Å². The number of benzene rings is 1. The fourth-order valence-electron chi connectivity index (χ4n) is 1.44. The van der Waals surface area contributed by atoms with Gasteiger partial charge < -0.3 is 15.8 Å². The van der Waals surface area contributed by atoms with Gasteiger partial charge in [0.15, 0.2) is 0 Å². The van der Waals surface area contributed by atoms with E-state index in [2.05, 4.69) is 5.32 Å². The molecule has 7 nitrogen and oxygen atoms in total. The second-order valence-corrected chi connectivity index (χ2v) is 3.87. The Labute approximate surface area is 110 Å². The minimum Gasteiger partial charge on any atom is -0.494 e. The van der Waals surface area contributed by atoms with Crippen LogP contribution in [0, 0.1) is 10.1 Å². The lowest BCUT2D eigenvalue weighted by Gasteiger charge is -2.11. The Bertz CT molecular complexity index is 476. The Morgan fingerprint density at radius 1 is 1.53 bits per heavy atom. The average molecular weight is 267 g/mol. The van der Waals surface area contributed by atoms with Crippen LogP contribution in [0.2, 0.25) is 0 Å². The number of ether oxygens (including phenoxy) is 1. The molecule has 0 aliphatic heterocycles. The van der Waals surface area contributed by atoms with Gasteiger partial charge in [-0.15, -0.1) is 0 Å². The summed E-state index contributed by atoms with van der Waals surface area (Å²) in [5.74, 6) is -0.0678. The number of hydrogen-bond donors (Lipinski definition) is 2. The molecule has 1 aromatic carbocycles. The molecule has 0 radical (unpaired) electrons. The maximum Gasteiger partial charge on any atom is 0.296 e. The lowest BCUT2D eigenvalue weighted by atomic mass is 10.2. The Morgan fingerprint density at radius 3 is 2.74 bits per heavy atom. The molecular weight excluding hydrogens is 250 g/mol. The number of anilines is 1. The molecule has 1 atom stereocenters. The van der Waals surface area contributed by atoms with Crippen molar-refractivity contribution in [1.82, 2.24) is 0 Å². The first kappa shape index (κ1) is 14.9. The van der Waals surface area contributed by atoms with Crippen molar-refractivity contribution < 1.29 is 14.5 Å². The van der Waals surface area contributed by atoms with Crippen LogP contribution in [-0.2, 0) is 4.79 Å². The zero-order valence-corrected chi connectivity index (χ0v) is 10.9. The summed E-state index contributed by atoms with van der Waals surface area (Å²) in [6.07, 6.45) is 0.455. The van der Waals surface area contributed by atoms with E-state index in [9.17, 15) is 14.9 Å². The van der Waals surface area contributed by atoms with Gasteiger partial charge in [-0.2, -0.15) is 0 Å². The molecule has 1 aromatic rings. The lowest BCUT2D eigenvalue weighted by molar-refractivity contribution is -0.384. The summed E-state index contributed by atoms with van der Waals surface area (Å²) < 4.78 is 5.18. The highest BCUT2D eigenvalue weighted by molar-refractivity contribution is 5.96. The topological polar surface area (TPSA) is 107 Å². The van der Waals surface area contributed by atoms with Crippen molar-refractivity contribution in [2.45, 2.75) is 26.3 Å². The molecule has 1 rings (SSSR count). The predicted octanol–water partition coefficient (Wildman–Crippen LogP) is 1.67. The number of carbonyl (C=O) groups excluding carboxylic acids is 1. The molecule has 0 aliphatic carbocycles. The number of nitrogens with zero attached hydrogens (tertiary/aromatic N) is 1. The van der Waals surface area contributed by atoms with Crippen molar-refractivity contribution in [2.24, 2.45) is 5.73 Å². The molecule has 104 valence electrons. The van der Waals surface area contributed by atoms with Crippen LogP contribution in [0.5, 0.6) is 5.75 Å². The molecule has 19 heavy (non-hydrogen) atoms. The van der Waals surface area contributed by atoms with Crippen molar-refractivity contribution >= 4 is 17.3 Å². The van der Waals surface area contributed by atoms with Gasteiger partial charge in [0.05, 0.1) is 23.6 Å².